The van der Waals surface area contributed by atoms with Crippen molar-refractivity contribution >= 4 is 27.0 Å². The van der Waals surface area contributed by atoms with Crippen molar-refractivity contribution < 1.29 is 27.1 Å². The fourth-order valence-corrected chi connectivity index (χ4v) is 4.32. The molecule has 0 radical (unpaired) electrons. The number of aromatic nitrogens is 2. The van der Waals surface area contributed by atoms with E-state index in [2.05, 4.69) is 9.97 Å². The minimum Gasteiger partial charge on any atom is -0.481 e. The lowest BCUT2D eigenvalue weighted by Gasteiger charge is -2.35. The normalized spacial score (nSPS) is 22.3. The van der Waals surface area contributed by atoms with Crippen LogP contribution in [0.3, 0.4) is 0 Å². The van der Waals surface area contributed by atoms with E-state index < -0.39 is 40.8 Å². The smallest absolute Gasteiger partial charge is 0.312 e. The van der Waals surface area contributed by atoms with Gasteiger partial charge >= 0.3 is 5.97 Å². The second kappa shape index (κ2) is 5.24. The summed E-state index contributed by atoms with van der Waals surface area (Å²) in [5, 5.41) is 9.13. The Balaban J connectivity index is 1.97. The standard InChI is InChI=1S/C13H13F2N3O4S/c14-13(15)7-18(5-3-9(13)12(19)20)23(21,22)10-6-17-11-8(10)2-1-4-16-11/h1-2,4,6,9H,3,5,7H2,(H,16,17)(H,19,20). The summed E-state index contributed by atoms with van der Waals surface area (Å²) in [4.78, 5) is 17.4. The zero-order valence-corrected chi connectivity index (χ0v) is 12.6. The first-order valence-corrected chi connectivity index (χ1v) is 8.20. The number of pyridine rings is 1. The molecule has 1 fully saturated rings. The van der Waals surface area contributed by atoms with Gasteiger partial charge in [0.05, 0.1) is 6.54 Å². The van der Waals surface area contributed by atoms with E-state index in [1.165, 1.54) is 18.5 Å². The first-order chi connectivity index (χ1) is 10.7. The molecule has 1 aliphatic heterocycles. The van der Waals surface area contributed by atoms with E-state index in [0.717, 1.165) is 0 Å². The Morgan fingerprint density at radius 2 is 2.22 bits per heavy atom. The van der Waals surface area contributed by atoms with E-state index in [1.807, 2.05) is 0 Å². The van der Waals surface area contributed by atoms with Crippen LogP contribution in [0, 0.1) is 5.92 Å². The number of carboxylic acid groups (broad SMARTS) is 1. The Morgan fingerprint density at radius 1 is 1.48 bits per heavy atom. The van der Waals surface area contributed by atoms with Gasteiger partial charge in [-0.15, -0.1) is 0 Å². The third kappa shape index (κ3) is 2.57. The molecular formula is C13H13F2N3O4S. The summed E-state index contributed by atoms with van der Waals surface area (Å²) in [6.45, 7) is -1.43. The Bertz CT molecular complexity index is 865. The number of alkyl halides is 2. The number of aliphatic carboxylic acids is 1. The van der Waals surface area contributed by atoms with Crippen LogP contribution in [0.15, 0.2) is 29.4 Å². The van der Waals surface area contributed by atoms with Crippen LogP contribution in [0.25, 0.3) is 11.0 Å². The maximum absolute atomic E-state index is 13.9. The molecule has 1 atom stereocenters. The summed E-state index contributed by atoms with van der Waals surface area (Å²) in [5.41, 5.74) is 0.332. The number of H-pyrrole nitrogens is 1. The zero-order valence-electron chi connectivity index (χ0n) is 11.7. The molecule has 1 aliphatic rings. The number of sulfonamides is 1. The van der Waals surface area contributed by atoms with E-state index in [4.69, 9.17) is 5.11 Å². The Kier molecular flexibility index (Phi) is 3.60. The number of piperidine rings is 1. The van der Waals surface area contributed by atoms with E-state index in [9.17, 15) is 22.0 Å². The molecular weight excluding hydrogens is 332 g/mol. The summed E-state index contributed by atoms with van der Waals surface area (Å²) in [5.74, 6) is -7.12. The van der Waals surface area contributed by atoms with E-state index in [-0.39, 0.29) is 11.4 Å². The number of hydrogen-bond acceptors (Lipinski definition) is 4. The summed E-state index contributed by atoms with van der Waals surface area (Å²) in [7, 11) is -4.18. The molecule has 10 heteroatoms. The van der Waals surface area contributed by atoms with E-state index >= 15 is 0 Å². The van der Waals surface area contributed by atoms with Crippen molar-refractivity contribution in [3.63, 3.8) is 0 Å². The first-order valence-electron chi connectivity index (χ1n) is 6.76. The average molecular weight is 345 g/mol. The number of carbonyl (C=O) groups is 1. The van der Waals surface area contributed by atoms with Gasteiger partial charge in [-0.3, -0.25) is 4.79 Å². The second-order valence-corrected chi connectivity index (χ2v) is 7.24. The lowest BCUT2D eigenvalue weighted by Crippen LogP contribution is -2.52. The van der Waals surface area contributed by atoms with Crippen molar-refractivity contribution in [2.45, 2.75) is 17.2 Å². The van der Waals surface area contributed by atoms with E-state index in [0.29, 0.717) is 15.3 Å². The molecule has 2 aromatic rings. The van der Waals surface area contributed by atoms with Gasteiger partial charge in [0, 0.05) is 24.3 Å². The molecule has 23 heavy (non-hydrogen) atoms. The number of nitrogens with zero attached hydrogens (tertiary/aromatic N) is 2. The number of hydrogen-bond donors (Lipinski definition) is 2. The number of rotatable bonds is 3. The van der Waals surface area contributed by atoms with Crippen LogP contribution in [0.4, 0.5) is 8.78 Å². The highest BCUT2D eigenvalue weighted by molar-refractivity contribution is 7.89. The molecule has 0 amide bonds. The lowest BCUT2D eigenvalue weighted by molar-refractivity contribution is -0.163. The number of fused-ring (bicyclic) bond motifs is 1. The highest BCUT2D eigenvalue weighted by atomic mass is 32.2. The number of aromatic amines is 1. The van der Waals surface area contributed by atoms with Crippen molar-refractivity contribution in [2.75, 3.05) is 13.1 Å². The van der Waals surface area contributed by atoms with Crippen LogP contribution in [0.1, 0.15) is 6.42 Å². The quantitative estimate of drug-likeness (QED) is 0.872. The molecule has 0 aliphatic carbocycles. The van der Waals surface area contributed by atoms with Crippen LogP contribution >= 0.6 is 0 Å². The highest BCUT2D eigenvalue weighted by Crippen LogP contribution is 2.36. The van der Waals surface area contributed by atoms with Gasteiger partial charge in [0.15, 0.2) is 0 Å². The van der Waals surface area contributed by atoms with Gasteiger partial charge < -0.3 is 10.1 Å². The third-order valence-corrected chi connectivity index (χ3v) is 5.78. The van der Waals surface area contributed by atoms with Crippen LogP contribution in [-0.4, -0.2) is 52.8 Å². The molecule has 0 spiro atoms. The fraction of sp³-hybridized carbons (Fsp3) is 0.385. The van der Waals surface area contributed by atoms with Crippen LogP contribution in [-0.2, 0) is 14.8 Å². The highest BCUT2D eigenvalue weighted by Gasteiger charge is 2.51. The molecule has 2 aromatic heterocycles. The Hall–Kier alpha value is -2.07. The van der Waals surface area contributed by atoms with Gasteiger partial charge in [-0.25, -0.2) is 22.2 Å². The third-order valence-electron chi connectivity index (χ3n) is 3.89. The molecule has 2 N–H and O–H groups in total. The summed E-state index contributed by atoms with van der Waals surface area (Å²) in [6.07, 6.45) is 2.23. The number of nitrogens with one attached hydrogen (secondary N) is 1. The zero-order chi connectivity index (χ0) is 16.8. The van der Waals surface area contributed by atoms with Gasteiger partial charge in [0.1, 0.15) is 16.5 Å². The SMILES string of the molecule is O=C(O)C1CCN(S(=O)(=O)c2c[nH]c3ncccc23)CC1(F)F. The van der Waals surface area contributed by atoms with Crippen LogP contribution in [0.5, 0.6) is 0 Å². The maximum atomic E-state index is 13.9. The van der Waals surface area contributed by atoms with Gasteiger partial charge in [-0.05, 0) is 18.6 Å². The molecule has 7 nitrogen and oxygen atoms in total. The van der Waals surface area contributed by atoms with Gasteiger partial charge in [0.25, 0.3) is 5.92 Å². The first kappa shape index (κ1) is 15.8. The molecule has 1 saturated heterocycles. The van der Waals surface area contributed by atoms with E-state index in [1.54, 1.807) is 6.07 Å². The van der Waals surface area contributed by atoms with Gasteiger partial charge in [-0.1, -0.05) is 0 Å². The van der Waals surface area contributed by atoms with Crippen molar-refractivity contribution in [1.82, 2.24) is 14.3 Å². The maximum Gasteiger partial charge on any atom is 0.312 e. The molecule has 1 unspecified atom stereocenters. The largest absolute Gasteiger partial charge is 0.481 e. The minimum atomic E-state index is -4.18. The summed E-state index contributed by atoms with van der Waals surface area (Å²) in [6, 6.07) is 3.06. The monoisotopic (exact) mass is 345 g/mol. The van der Waals surface area contributed by atoms with Crippen molar-refractivity contribution in [3.05, 3.63) is 24.5 Å². The molecule has 0 saturated carbocycles. The predicted molar refractivity (Wildman–Crippen MR) is 75.5 cm³/mol. The van der Waals surface area contributed by atoms with Crippen LogP contribution < -0.4 is 0 Å². The number of halogens is 2. The number of carboxylic acids is 1. The van der Waals surface area contributed by atoms with Crippen molar-refractivity contribution in [2.24, 2.45) is 5.92 Å². The molecule has 0 bridgehead atoms. The van der Waals surface area contributed by atoms with Gasteiger partial charge in [0.2, 0.25) is 10.0 Å². The molecule has 3 heterocycles. The Morgan fingerprint density at radius 3 is 2.87 bits per heavy atom. The summed E-state index contributed by atoms with van der Waals surface area (Å²) < 4.78 is 53.8. The fourth-order valence-electron chi connectivity index (χ4n) is 2.70. The molecule has 3 rings (SSSR count). The van der Waals surface area contributed by atoms with Crippen LogP contribution in [0.2, 0.25) is 0 Å². The second-order valence-electron chi connectivity index (χ2n) is 5.33. The van der Waals surface area contributed by atoms with Crippen molar-refractivity contribution in [3.8, 4) is 0 Å². The molecule has 124 valence electrons. The minimum absolute atomic E-state index is 0.148. The van der Waals surface area contributed by atoms with Gasteiger partial charge in [-0.2, -0.15) is 4.31 Å². The molecule has 0 aromatic carbocycles. The average Bonchev–Trinajstić information content (AvgIpc) is 2.90. The van der Waals surface area contributed by atoms with Crippen molar-refractivity contribution in [1.29, 1.82) is 0 Å². The summed E-state index contributed by atoms with van der Waals surface area (Å²) >= 11 is 0. The predicted octanol–water partition coefficient (Wildman–Crippen LogP) is 1.29. The Labute approximate surface area is 130 Å². The lowest BCUT2D eigenvalue weighted by atomic mass is 9.94. The topological polar surface area (TPSA) is 103 Å².